The van der Waals surface area contributed by atoms with Gasteiger partial charge in [-0.1, -0.05) is 29.2 Å². The largest absolute Gasteiger partial charge is 0.360 e. The van der Waals surface area contributed by atoms with Crippen LogP contribution in [-0.4, -0.2) is 27.9 Å². The van der Waals surface area contributed by atoms with E-state index in [1.54, 1.807) is 18.3 Å². The molecular weight excluding hydrogens is 410 g/mol. The van der Waals surface area contributed by atoms with E-state index in [1.165, 1.54) is 28.0 Å². The Hall–Kier alpha value is -2.04. The predicted octanol–water partition coefficient (Wildman–Crippen LogP) is 4.65. The van der Waals surface area contributed by atoms with Gasteiger partial charge in [0.15, 0.2) is 4.34 Å². The van der Waals surface area contributed by atoms with E-state index >= 15 is 0 Å². The zero-order chi connectivity index (χ0) is 19.2. The molecule has 0 saturated carbocycles. The van der Waals surface area contributed by atoms with Gasteiger partial charge in [0.25, 0.3) is 0 Å². The van der Waals surface area contributed by atoms with E-state index in [-0.39, 0.29) is 5.69 Å². The normalized spacial score (nSPS) is 12.0. The molecule has 0 bridgehead atoms. The number of hydrogen-bond acceptors (Lipinski definition) is 7. The molecular formula is C17H16F2N4OS3. The van der Waals surface area contributed by atoms with Gasteiger partial charge in [-0.15, -0.1) is 21.5 Å². The van der Waals surface area contributed by atoms with Gasteiger partial charge in [0.1, 0.15) is 11.6 Å². The molecule has 142 valence electrons. The Kier molecular flexibility index (Phi) is 6.75. The highest BCUT2D eigenvalue weighted by Crippen LogP contribution is 2.29. The molecule has 0 spiro atoms. The third-order valence-corrected chi connectivity index (χ3v) is 6.47. The van der Waals surface area contributed by atoms with E-state index < -0.39 is 22.8 Å². The molecule has 27 heavy (non-hydrogen) atoms. The topological polar surface area (TPSA) is 66.9 Å². The molecule has 2 N–H and O–H groups in total. The molecule has 3 rings (SSSR count). The molecule has 0 radical (unpaired) electrons. The van der Waals surface area contributed by atoms with Gasteiger partial charge in [-0.2, -0.15) is 0 Å². The summed E-state index contributed by atoms with van der Waals surface area (Å²) in [5, 5.41) is 15.9. The lowest BCUT2D eigenvalue weighted by Crippen LogP contribution is -2.23. The Bertz CT molecular complexity index is 901. The second kappa shape index (κ2) is 9.25. The van der Waals surface area contributed by atoms with Crippen molar-refractivity contribution in [3.8, 4) is 0 Å². The van der Waals surface area contributed by atoms with E-state index in [2.05, 4.69) is 26.9 Å². The second-order valence-corrected chi connectivity index (χ2v) is 9.10. The second-order valence-electron chi connectivity index (χ2n) is 5.50. The minimum absolute atomic E-state index is 0.180. The van der Waals surface area contributed by atoms with Crippen molar-refractivity contribution in [2.45, 2.75) is 22.9 Å². The smallest absolute Gasteiger partial charge is 0.237 e. The monoisotopic (exact) mass is 426 g/mol. The highest BCUT2D eigenvalue weighted by molar-refractivity contribution is 8.02. The zero-order valence-electron chi connectivity index (χ0n) is 14.2. The Labute approximate surface area is 167 Å². The highest BCUT2D eigenvalue weighted by atomic mass is 32.2. The molecule has 0 aliphatic heterocycles. The first-order valence-electron chi connectivity index (χ1n) is 8.03. The minimum atomic E-state index is -0.685. The summed E-state index contributed by atoms with van der Waals surface area (Å²) in [5.74, 6) is -1.74. The molecule has 5 nitrogen and oxygen atoms in total. The van der Waals surface area contributed by atoms with Crippen LogP contribution < -0.4 is 10.6 Å². The number of aromatic nitrogens is 2. The highest BCUT2D eigenvalue weighted by Gasteiger charge is 2.19. The summed E-state index contributed by atoms with van der Waals surface area (Å²) in [4.78, 5) is 13.5. The Morgan fingerprint density at radius 1 is 1.30 bits per heavy atom. The van der Waals surface area contributed by atoms with Crippen LogP contribution >= 0.6 is 34.4 Å². The zero-order valence-corrected chi connectivity index (χ0v) is 16.7. The lowest BCUT2D eigenvalue weighted by atomic mass is 10.3. The molecule has 1 aromatic carbocycles. The van der Waals surface area contributed by atoms with Gasteiger partial charge in [-0.3, -0.25) is 4.79 Å². The number of carbonyl (C=O) groups is 1. The molecule has 1 atom stereocenters. The third kappa shape index (κ3) is 5.72. The van der Waals surface area contributed by atoms with Crippen LogP contribution in [0.25, 0.3) is 0 Å². The molecule has 0 fully saturated rings. The lowest BCUT2D eigenvalue weighted by Gasteiger charge is -2.10. The maximum atomic E-state index is 13.6. The van der Waals surface area contributed by atoms with Crippen molar-refractivity contribution < 1.29 is 13.6 Å². The van der Waals surface area contributed by atoms with Crippen molar-refractivity contribution in [2.24, 2.45) is 0 Å². The number of rotatable bonds is 8. The van der Waals surface area contributed by atoms with E-state index in [1.807, 2.05) is 11.4 Å². The predicted molar refractivity (Wildman–Crippen MR) is 107 cm³/mol. The molecule has 3 aromatic rings. The molecule has 1 amide bonds. The van der Waals surface area contributed by atoms with Crippen LogP contribution in [0, 0.1) is 11.6 Å². The molecule has 0 aliphatic rings. The standard InChI is InChI=1S/C17H16F2N4OS3/c1-10(15(24)21-14-9-11(18)4-5-13(14)19)26-17-23-22-16(27-17)20-7-6-12-3-2-8-25-12/h2-5,8-10H,6-7H2,1H3,(H,20,22)(H,21,24). The van der Waals surface area contributed by atoms with Crippen LogP contribution in [0.3, 0.4) is 0 Å². The Morgan fingerprint density at radius 2 is 2.15 bits per heavy atom. The van der Waals surface area contributed by atoms with Crippen LogP contribution in [0.1, 0.15) is 11.8 Å². The van der Waals surface area contributed by atoms with E-state index in [9.17, 15) is 13.6 Å². The first-order chi connectivity index (χ1) is 13.0. The van der Waals surface area contributed by atoms with Crippen molar-refractivity contribution in [2.75, 3.05) is 17.2 Å². The van der Waals surface area contributed by atoms with Gasteiger partial charge in [0.05, 0.1) is 10.9 Å². The Balaban J connectivity index is 1.50. The summed E-state index contributed by atoms with van der Waals surface area (Å²) < 4.78 is 27.4. The van der Waals surface area contributed by atoms with Crippen LogP contribution in [0.4, 0.5) is 19.6 Å². The van der Waals surface area contributed by atoms with Crippen LogP contribution in [0.15, 0.2) is 40.1 Å². The number of hydrogen-bond donors (Lipinski definition) is 2. The summed E-state index contributed by atoms with van der Waals surface area (Å²) in [6.07, 6.45) is 0.901. The van der Waals surface area contributed by atoms with Crippen LogP contribution in [-0.2, 0) is 11.2 Å². The molecule has 2 heterocycles. The van der Waals surface area contributed by atoms with Gasteiger partial charge in [-0.05, 0) is 36.9 Å². The number of nitrogens with one attached hydrogen (secondary N) is 2. The average molecular weight is 427 g/mol. The number of carbonyl (C=O) groups excluding carboxylic acids is 1. The van der Waals surface area contributed by atoms with Crippen molar-refractivity contribution in [3.05, 3.63) is 52.2 Å². The van der Waals surface area contributed by atoms with E-state index in [0.717, 1.165) is 31.2 Å². The maximum Gasteiger partial charge on any atom is 0.237 e. The fourth-order valence-corrected chi connectivity index (χ4v) is 4.74. The fraction of sp³-hybridized carbons (Fsp3) is 0.235. The number of thiophene rings is 1. The van der Waals surface area contributed by atoms with Gasteiger partial charge < -0.3 is 10.6 Å². The number of nitrogens with zero attached hydrogens (tertiary/aromatic N) is 2. The van der Waals surface area contributed by atoms with Crippen molar-refractivity contribution >= 4 is 51.2 Å². The van der Waals surface area contributed by atoms with Gasteiger partial charge in [-0.25, -0.2) is 8.78 Å². The summed E-state index contributed by atoms with van der Waals surface area (Å²) >= 11 is 4.26. The Morgan fingerprint density at radius 3 is 2.93 bits per heavy atom. The van der Waals surface area contributed by atoms with E-state index in [0.29, 0.717) is 9.47 Å². The molecule has 0 aliphatic carbocycles. The quantitative estimate of drug-likeness (QED) is 0.513. The molecule has 0 saturated heterocycles. The van der Waals surface area contributed by atoms with Crippen molar-refractivity contribution in [1.29, 1.82) is 0 Å². The molecule has 1 unspecified atom stereocenters. The van der Waals surface area contributed by atoms with E-state index in [4.69, 9.17) is 0 Å². The van der Waals surface area contributed by atoms with Crippen molar-refractivity contribution in [1.82, 2.24) is 10.2 Å². The number of halogens is 2. The number of thioether (sulfide) groups is 1. The van der Waals surface area contributed by atoms with Crippen molar-refractivity contribution in [3.63, 3.8) is 0 Å². The summed E-state index contributed by atoms with van der Waals surface area (Å²) in [5.41, 5.74) is -0.180. The first-order valence-corrected chi connectivity index (χ1v) is 10.6. The van der Waals surface area contributed by atoms with Gasteiger partial charge >= 0.3 is 0 Å². The number of benzene rings is 1. The number of anilines is 2. The minimum Gasteiger partial charge on any atom is -0.360 e. The summed E-state index contributed by atoms with van der Waals surface area (Å²) in [7, 11) is 0. The molecule has 2 aromatic heterocycles. The lowest BCUT2D eigenvalue weighted by molar-refractivity contribution is -0.115. The molecule has 10 heteroatoms. The summed E-state index contributed by atoms with van der Waals surface area (Å²) in [6, 6.07) is 7.02. The SMILES string of the molecule is CC(Sc1nnc(NCCc2cccs2)s1)C(=O)Nc1cc(F)ccc1F. The van der Waals surface area contributed by atoms with Crippen LogP contribution in [0.5, 0.6) is 0 Å². The average Bonchev–Trinajstić information content (AvgIpc) is 3.30. The third-order valence-electron chi connectivity index (χ3n) is 3.47. The van der Waals surface area contributed by atoms with Gasteiger partial charge in [0, 0.05) is 17.5 Å². The fourth-order valence-electron chi connectivity index (χ4n) is 2.11. The number of amides is 1. The van der Waals surface area contributed by atoms with Gasteiger partial charge in [0.2, 0.25) is 11.0 Å². The first kappa shape index (κ1) is 19.7. The summed E-state index contributed by atoms with van der Waals surface area (Å²) in [6.45, 7) is 2.41. The maximum absolute atomic E-state index is 13.6. The van der Waals surface area contributed by atoms with Crippen LogP contribution in [0.2, 0.25) is 0 Å².